The fourth-order valence-electron chi connectivity index (χ4n) is 2.33. The van der Waals surface area contributed by atoms with E-state index in [1.165, 1.54) is 0 Å². The molecule has 0 aromatic heterocycles. The number of likely N-dealkylation sites (N-methyl/N-ethyl adjacent to an activating group) is 1. The second kappa shape index (κ2) is 7.33. The van der Waals surface area contributed by atoms with Crippen molar-refractivity contribution in [2.24, 2.45) is 10.9 Å². The van der Waals surface area contributed by atoms with Crippen LogP contribution in [0.4, 0.5) is 0 Å². The van der Waals surface area contributed by atoms with E-state index < -0.39 is 0 Å². The van der Waals surface area contributed by atoms with Crippen LogP contribution in [0, 0.1) is 5.92 Å². The van der Waals surface area contributed by atoms with Gasteiger partial charge < -0.3 is 19.3 Å². The molecule has 6 heteroatoms. The number of ether oxygens (including phenoxy) is 2. The number of hydrogen-bond donors (Lipinski definition) is 0. The zero-order valence-corrected chi connectivity index (χ0v) is 13.6. The van der Waals surface area contributed by atoms with Crippen LogP contribution in [0.2, 0.25) is 0 Å². The molecular weight excluding hydrogens is 274 g/mol. The second-order valence-electron chi connectivity index (χ2n) is 5.57. The fraction of sp³-hybridized carbons (Fsp3) is 0.786. The van der Waals surface area contributed by atoms with E-state index in [-0.39, 0.29) is 11.7 Å². The van der Waals surface area contributed by atoms with Gasteiger partial charge in [-0.2, -0.15) is 0 Å². The average Bonchev–Trinajstić information content (AvgIpc) is 2.87. The van der Waals surface area contributed by atoms with Crippen LogP contribution in [0.1, 0.15) is 13.8 Å². The minimum absolute atomic E-state index is 0.108. The maximum Gasteiger partial charge on any atom is 0.142 e. The van der Waals surface area contributed by atoms with Gasteiger partial charge in [-0.1, -0.05) is 13.8 Å². The molecule has 0 saturated carbocycles. The quantitative estimate of drug-likeness (QED) is 0.774. The molecule has 2 aliphatic rings. The van der Waals surface area contributed by atoms with Crippen molar-refractivity contribution in [1.29, 1.82) is 0 Å². The minimum Gasteiger partial charge on any atom is -0.381 e. The summed E-state index contributed by atoms with van der Waals surface area (Å²) >= 11 is 1.80. The molecule has 2 atom stereocenters. The third kappa shape index (κ3) is 4.14. The van der Waals surface area contributed by atoms with Crippen LogP contribution >= 0.6 is 11.8 Å². The minimum atomic E-state index is 0.108. The van der Waals surface area contributed by atoms with E-state index in [0.717, 1.165) is 18.1 Å². The van der Waals surface area contributed by atoms with Gasteiger partial charge in [-0.15, -0.1) is 11.8 Å². The molecule has 2 heterocycles. The van der Waals surface area contributed by atoms with Crippen molar-refractivity contribution in [2.45, 2.75) is 25.5 Å². The molecule has 0 N–H and O–H groups in total. The van der Waals surface area contributed by atoms with Gasteiger partial charge in [-0.05, 0) is 12.0 Å². The smallest absolute Gasteiger partial charge is 0.142 e. The Morgan fingerprint density at radius 2 is 2.40 bits per heavy atom. The first-order valence-electron chi connectivity index (χ1n) is 7.05. The van der Waals surface area contributed by atoms with Crippen LogP contribution < -0.4 is 0 Å². The molecule has 0 amide bonds. The van der Waals surface area contributed by atoms with Crippen LogP contribution in [-0.2, 0) is 9.47 Å². The van der Waals surface area contributed by atoms with Crippen LogP contribution in [0.25, 0.3) is 0 Å². The largest absolute Gasteiger partial charge is 0.381 e. The molecule has 0 aromatic carbocycles. The Balaban J connectivity index is 1.82. The van der Waals surface area contributed by atoms with Gasteiger partial charge in [0.15, 0.2) is 0 Å². The van der Waals surface area contributed by atoms with Gasteiger partial charge in [0.05, 0.1) is 6.61 Å². The first kappa shape index (κ1) is 15.7. The van der Waals surface area contributed by atoms with Crippen molar-refractivity contribution in [1.82, 2.24) is 9.80 Å². The van der Waals surface area contributed by atoms with E-state index in [1.807, 2.05) is 0 Å². The third-order valence-electron chi connectivity index (χ3n) is 3.25. The van der Waals surface area contributed by atoms with Crippen LogP contribution in [0.5, 0.6) is 0 Å². The lowest BCUT2D eigenvalue weighted by Crippen LogP contribution is -2.38. The van der Waals surface area contributed by atoms with Gasteiger partial charge in [-0.25, -0.2) is 4.99 Å². The topological polar surface area (TPSA) is 37.3 Å². The first-order chi connectivity index (χ1) is 9.60. The summed E-state index contributed by atoms with van der Waals surface area (Å²) in [5.41, 5.74) is 0.146. The third-order valence-corrected chi connectivity index (χ3v) is 4.34. The van der Waals surface area contributed by atoms with Gasteiger partial charge in [0.2, 0.25) is 0 Å². The number of thioether (sulfide) groups is 1. The molecule has 20 heavy (non-hydrogen) atoms. The highest BCUT2D eigenvalue weighted by Gasteiger charge is 2.30. The first-order valence-corrected chi connectivity index (χ1v) is 8.10. The van der Waals surface area contributed by atoms with Gasteiger partial charge >= 0.3 is 0 Å². The highest BCUT2D eigenvalue weighted by molar-refractivity contribution is 8.00. The maximum atomic E-state index is 5.93. The van der Waals surface area contributed by atoms with Crippen LogP contribution in [0.15, 0.2) is 17.3 Å². The molecule has 1 fully saturated rings. The summed E-state index contributed by atoms with van der Waals surface area (Å²) in [6.45, 7) is 6.77. The zero-order valence-electron chi connectivity index (χ0n) is 12.8. The van der Waals surface area contributed by atoms with Crippen molar-refractivity contribution in [3.05, 3.63) is 12.3 Å². The summed E-state index contributed by atoms with van der Waals surface area (Å²) in [6.07, 6.45) is 4.28. The Morgan fingerprint density at radius 1 is 1.60 bits per heavy atom. The van der Waals surface area contributed by atoms with Crippen molar-refractivity contribution in [3.8, 4) is 0 Å². The number of aliphatic imine (C=N–C) groups is 1. The molecule has 2 rings (SSSR count). The van der Waals surface area contributed by atoms with E-state index in [2.05, 4.69) is 48.0 Å². The Morgan fingerprint density at radius 3 is 3.00 bits per heavy atom. The normalized spacial score (nSPS) is 26.2. The summed E-state index contributed by atoms with van der Waals surface area (Å²) < 4.78 is 11.1. The molecule has 0 aromatic rings. The Bertz CT molecular complexity index is 373. The number of amidine groups is 1. The van der Waals surface area contributed by atoms with Gasteiger partial charge in [-0.3, -0.25) is 0 Å². The second-order valence-corrected chi connectivity index (χ2v) is 6.76. The van der Waals surface area contributed by atoms with E-state index in [0.29, 0.717) is 19.2 Å². The molecule has 0 aliphatic carbocycles. The predicted molar refractivity (Wildman–Crippen MR) is 83.7 cm³/mol. The zero-order chi connectivity index (χ0) is 14.5. The molecule has 1 saturated heterocycles. The molecular formula is C14H25N3O2S. The highest BCUT2D eigenvalue weighted by atomic mass is 32.2. The highest BCUT2D eigenvalue weighted by Crippen LogP contribution is 2.28. The monoisotopic (exact) mass is 299 g/mol. The van der Waals surface area contributed by atoms with Crippen LogP contribution in [0.3, 0.4) is 0 Å². The van der Waals surface area contributed by atoms with E-state index in [1.54, 1.807) is 18.9 Å². The van der Waals surface area contributed by atoms with Crippen molar-refractivity contribution >= 4 is 17.6 Å². The van der Waals surface area contributed by atoms with Gasteiger partial charge in [0.1, 0.15) is 24.2 Å². The lowest BCUT2D eigenvalue weighted by atomic mass is 10.2. The van der Waals surface area contributed by atoms with E-state index >= 15 is 0 Å². The molecule has 114 valence electrons. The molecule has 0 spiro atoms. The van der Waals surface area contributed by atoms with Gasteiger partial charge in [0.25, 0.3) is 0 Å². The van der Waals surface area contributed by atoms with E-state index in [4.69, 9.17) is 9.47 Å². The standard InChI is InChI=1S/C14H25N3O2S/c1-11(2)7-16(3)12-5-6-17(10-15-12)13-9-20-14(19-13)8-18-4/h5-6,11,13-14H,7-10H2,1-4H3/t13-,14+/m1/s1. The Kier molecular flexibility index (Phi) is 5.74. The maximum absolute atomic E-state index is 5.93. The summed E-state index contributed by atoms with van der Waals surface area (Å²) in [7, 11) is 3.80. The summed E-state index contributed by atoms with van der Waals surface area (Å²) in [5, 5.41) is 0. The number of nitrogens with zero attached hydrogens (tertiary/aromatic N) is 3. The van der Waals surface area contributed by atoms with Crippen molar-refractivity contribution < 1.29 is 9.47 Å². The summed E-state index contributed by atoms with van der Waals surface area (Å²) in [5.74, 6) is 2.65. The molecule has 0 bridgehead atoms. The summed E-state index contributed by atoms with van der Waals surface area (Å²) in [4.78, 5) is 8.99. The number of rotatable bonds is 5. The van der Waals surface area contributed by atoms with Crippen molar-refractivity contribution in [2.75, 3.05) is 39.7 Å². The summed E-state index contributed by atoms with van der Waals surface area (Å²) in [6, 6.07) is 0. The lowest BCUT2D eigenvalue weighted by Gasteiger charge is -2.30. The molecule has 5 nitrogen and oxygen atoms in total. The Labute approximate surface area is 126 Å². The van der Waals surface area contributed by atoms with E-state index in [9.17, 15) is 0 Å². The average molecular weight is 299 g/mol. The number of methoxy groups -OCH3 is 1. The molecule has 2 aliphatic heterocycles. The van der Waals surface area contributed by atoms with Crippen molar-refractivity contribution in [3.63, 3.8) is 0 Å². The molecule has 0 unspecified atom stereocenters. The number of hydrogen-bond acceptors (Lipinski definition) is 6. The lowest BCUT2D eigenvalue weighted by molar-refractivity contribution is -0.0414. The SMILES string of the molecule is COC[C@H]1O[C@@H](N2C=CC(N(C)CC(C)C)=NC2)CS1. The predicted octanol–water partition coefficient (Wildman–Crippen LogP) is 1.82. The van der Waals surface area contributed by atoms with Crippen LogP contribution in [-0.4, -0.2) is 67.0 Å². The fourth-order valence-corrected chi connectivity index (χ4v) is 3.42. The molecule has 0 radical (unpaired) electrons. The van der Waals surface area contributed by atoms with Gasteiger partial charge in [0, 0.05) is 32.7 Å². The Hall–Kier alpha value is -0.720.